The van der Waals surface area contributed by atoms with E-state index in [4.69, 9.17) is 40.5 Å². The minimum Gasteiger partial charge on any atom is -0.398 e. The van der Waals surface area contributed by atoms with Crippen LogP contribution in [-0.2, 0) is 9.59 Å². The number of anilines is 3. The molecule has 51 heavy (non-hydrogen) atoms. The maximum atomic E-state index is 12.5. The van der Waals surface area contributed by atoms with Crippen LogP contribution in [0.25, 0.3) is 32.3 Å². The van der Waals surface area contributed by atoms with Gasteiger partial charge in [-0.2, -0.15) is 0 Å². The third kappa shape index (κ3) is 10.1. The van der Waals surface area contributed by atoms with Gasteiger partial charge in [-0.25, -0.2) is 0 Å². The van der Waals surface area contributed by atoms with E-state index in [2.05, 4.69) is 24.1 Å². The molecule has 0 heterocycles. The number of nitrogen functional groups attached to an aromatic ring is 1. The Morgan fingerprint density at radius 3 is 1.57 bits per heavy atom. The van der Waals surface area contributed by atoms with Crippen LogP contribution in [-0.4, -0.2) is 42.9 Å². The Morgan fingerprint density at radius 2 is 1.04 bits per heavy atom. The second-order valence-electron chi connectivity index (χ2n) is 11.8. The number of carbonyl (C=O) groups excluding carboxylic acids is 2. The molecule has 6 rings (SSSR count). The highest BCUT2D eigenvalue weighted by atomic mass is 35.5. The smallest absolute Gasteiger partial charge is 0.226 e. The van der Waals surface area contributed by atoms with Gasteiger partial charge < -0.3 is 20.9 Å². The van der Waals surface area contributed by atoms with E-state index < -0.39 is 0 Å². The highest BCUT2D eigenvalue weighted by Gasteiger charge is 2.18. The zero-order chi connectivity index (χ0) is 36.9. The van der Waals surface area contributed by atoms with Gasteiger partial charge in [0.2, 0.25) is 11.8 Å². The molecule has 0 aliphatic heterocycles. The number of rotatable bonds is 9. The SMILES string of the molecule is CCC(=O)N(CCN(CC)CC)c1ccc(Cl)c2ccccc12.CCC(=O)Nc1ccc(Cl)c2ccccc12.Nc1ccc(Cl)c2ccccc12. The van der Waals surface area contributed by atoms with Gasteiger partial charge in [0.05, 0.1) is 5.69 Å². The van der Waals surface area contributed by atoms with Gasteiger partial charge in [-0.1, -0.05) is 135 Å². The molecule has 0 bridgehead atoms. The number of nitrogens with two attached hydrogens (primary N) is 1. The zero-order valence-corrected chi connectivity index (χ0v) is 31.8. The van der Waals surface area contributed by atoms with E-state index in [1.807, 2.05) is 122 Å². The summed E-state index contributed by atoms with van der Waals surface area (Å²) in [6, 6.07) is 34.7. The topological polar surface area (TPSA) is 78.7 Å². The maximum Gasteiger partial charge on any atom is 0.226 e. The molecule has 0 aliphatic rings. The molecule has 0 unspecified atom stereocenters. The van der Waals surface area contributed by atoms with Crippen LogP contribution in [0.2, 0.25) is 15.1 Å². The molecule has 6 nitrogen and oxygen atoms in total. The van der Waals surface area contributed by atoms with Crippen LogP contribution in [0.1, 0.15) is 40.5 Å². The van der Waals surface area contributed by atoms with Crippen LogP contribution in [0.4, 0.5) is 17.1 Å². The zero-order valence-electron chi connectivity index (χ0n) is 29.6. The fourth-order valence-electron chi connectivity index (χ4n) is 5.73. The fourth-order valence-corrected chi connectivity index (χ4v) is 6.41. The van der Waals surface area contributed by atoms with Crippen molar-refractivity contribution in [1.29, 1.82) is 0 Å². The molecule has 6 aromatic carbocycles. The van der Waals surface area contributed by atoms with E-state index in [1.54, 1.807) is 6.07 Å². The van der Waals surface area contributed by atoms with Crippen molar-refractivity contribution in [2.75, 3.05) is 42.1 Å². The van der Waals surface area contributed by atoms with Gasteiger partial charge in [0.25, 0.3) is 0 Å². The van der Waals surface area contributed by atoms with Crippen molar-refractivity contribution in [3.63, 3.8) is 0 Å². The summed E-state index contributed by atoms with van der Waals surface area (Å²) in [4.78, 5) is 28.1. The first-order valence-corrected chi connectivity index (χ1v) is 18.4. The predicted octanol–water partition coefficient (Wildman–Crippen LogP) is 11.5. The molecule has 9 heteroatoms. The van der Waals surface area contributed by atoms with Crippen LogP contribution >= 0.6 is 34.8 Å². The van der Waals surface area contributed by atoms with Gasteiger partial charge in [0.1, 0.15) is 0 Å². The van der Waals surface area contributed by atoms with Crippen molar-refractivity contribution in [1.82, 2.24) is 4.90 Å². The molecule has 3 N–H and O–H groups in total. The van der Waals surface area contributed by atoms with E-state index in [9.17, 15) is 9.59 Å². The van der Waals surface area contributed by atoms with Gasteiger partial charge in [0, 0.05) is 84.7 Å². The van der Waals surface area contributed by atoms with Crippen molar-refractivity contribution in [2.24, 2.45) is 0 Å². The number of amides is 2. The van der Waals surface area contributed by atoms with Crippen LogP contribution in [0.5, 0.6) is 0 Å². The number of likely N-dealkylation sites (N-methyl/N-ethyl adjacent to an activating group) is 1. The molecule has 6 aromatic rings. The summed E-state index contributed by atoms with van der Waals surface area (Å²) in [5.41, 5.74) is 8.30. The van der Waals surface area contributed by atoms with Crippen molar-refractivity contribution in [3.8, 4) is 0 Å². The van der Waals surface area contributed by atoms with E-state index >= 15 is 0 Å². The van der Waals surface area contributed by atoms with Crippen LogP contribution in [0.3, 0.4) is 0 Å². The second-order valence-corrected chi connectivity index (χ2v) is 13.0. The summed E-state index contributed by atoms with van der Waals surface area (Å²) >= 11 is 18.4. The summed E-state index contributed by atoms with van der Waals surface area (Å²) in [5.74, 6) is 0.150. The first-order valence-electron chi connectivity index (χ1n) is 17.2. The molecule has 0 aromatic heterocycles. The number of hydrogen-bond acceptors (Lipinski definition) is 4. The lowest BCUT2D eigenvalue weighted by Gasteiger charge is -2.27. The number of hydrogen-bond donors (Lipinski definition) is 2. The number of halogens is 3. The minimum atomic E-state index is 0.00692. The highest BCUT2D eigenvalue weighted by Crippen LogP contribution is 2.33. The third-order valence-electron chi connectivity index (χ3n) is 8.65. The van der Waals surface area contributed by atoms with Crippen molar-refractivity contribution in [3.05, 3.63) is 124 Å². The Hall–Kier alpha value is -4.33. The van der Waals surface area contributed by atoms with Crippen LogP contribution in [0, 0.1) is 0 Å². The number of benzene rings is 6. The highest BCUT2D eigenvalue weighted by molar-refractivity contribution is 6.37. The number of nitrogens with zero attached hydrogens (tertiary/aromatic N) is 2. The lowest BCUT2D eigenvalue weighted by Crippen LogP contribution is -2.38. The normalized spacial score (nSPS) is 10.7. The first kappa shape index (κ1) is 39.5. The summed E-state index contributed by atoms with van der Waals surface area (Å²) in [7, 11) is 0. The molecule has 0 fully saturated rings. The molecule has 266 valence electrons. The molecule has 0 saturated carbocycles. The minimum absolute atomic E-state index is 0.00692. The average Bonchev–Trinajstić information content (AvgIpc) is 3.17. The number of carbonyl (C=O) groups is 2. The lowest BCUT2D eigenvalue weighted by molar-refractivity contribution is -0.118. The summed E-state index contributed by atoms with van der Waals surface area (Å²) in [6.07, 6.45) is 0.964. The predicted molar refractivity (Wildman–Crippen MR) is 221 cm³/mol. The third-order valence-corrected chi connectivity index (χ3v) is 9.64. The molecule has 0 radical (unpaired) electrons. The molecule has 0 atom stereocenters. The summed E-state index contributed by atoms with van der Waals surface area (Å²) in [5, 5.41) is 11.0. The Kier molecular flexibility index (Phi) is 15.0. The van der Waals surface area contributed by atoms with Crippen molar-refractivity contribution >= 4 is 96.0 Å². The van der Waals surface area contributed by atoms with E-state index in [1.165, 1.54) is 0 Å². The Labute approximate surface area is 316 Å². The van der Waals surface area contributed by atoms with Crippen molar-refractivity contribution in [2.45, 2.75) is 40.5 Å². The van der Waals surface area contributed by atoms with E-state index in [-0.39, 0.29) is 11.8 Å². The van der Waals surface area contributed by atoms with E-state index in [0.29, 0.717) is 24.4 Å². The van der Waals surface area contributed by atoms with Crippen LogP contribution < -0.4 is 16.0 Å². The Bertz CT molecular complexity index is 2060. The van der Waals surface area contributed by atoms with Gasteiger partial charge in [-0.3, -0.25) is 9.59 Å². The van der Waals surface area contributed by atoms with E-state index in [0.717, 1.165) is 79.1 Å². The number of fused-ring (bicyclic) bond motifs is 3. The molecule has 2 amide bonds. The Morgan fingerprint density at radius 1 is 0.569 bits per heavy atom. The molecule has 0 spiro atoms. The van der Waals surface area contributed by atoms with Crippen LogP contribution in [0.15, 0.2) is 109 Å². The van der Waals surface area contributed by atoms with Gasteiger partial charge in [-0.05, 0) is 49.5 Å². The first-order chi connectivity index (χ1) is 24.6. The van der Waals surface area contributed by atoms with Gasteiger partial charge in [-0.15, -0.1) is 0 Å². The second kappa shape index (κ2) is 19.3. The molecular weight excluding hydrogens is 699 g/mol. The Balaban J connectivity index is 0.000000181. The monoisotopic (exact) mass is 742 g/mol. The fraction of sp³-hybridized carbons (Fsp3) is 0.238. The molecule has 0 saturated heterocycles. The van der Waals surface area contributed by atoms with Gasteiger partial charge in [0.15, 0.2) is 0 Å². The maximum absolute atomic E-state index is 12.5. The largest absolute Gasteiger partial charge is 0.398 e. The number of nitrogens with one attached hydrogen (secondary N) is 1. The van der Waals surface area contributed by atoms with Crippen molar-refractivity contribution < 1.29 is 9.59 Å². The molecular formula is C42H45Cl3N4O2. The van der Waals surface area contributed by atoms with Gasteiger partial charge >= 0.3 is 0 Å². The molecule has 0 aliphatic carbocycles. The summed E-state index contributed by atoms with van der Waals surface area (Å²) < 4.78 is 0. The summed E-state index contributed by atoms with van der Waals surface area (Å²) in [6.45, 7) is 11.6. The standard InChI is InChI=1S/C19H25ClN2O.C13H12ClNO.C10H8ClN/c1-4-19(23)22(14-13-21(5-2)6-3)18-12-11-17(20)15-9-7-8-10-16(15)18;1-2-13(16)15-12-8-7-11(14)9-5-3-4-6-10(9)12;11-9-5-6-10(12)8-4-2-1-3-7(8)9/h7-12H,4-6,13-14H2,1-3H3;3-8H,2H2,1H3,(H,15,16);1-6H,12H2. The lowest BCUT2D eigenvalue weighted by atomic mass is 10.1. The quantitative estimate of drug-likeness (QED) is 0.145. The average molecular weight is 744 g/mol.